The molecule has 3 aromatic rings. The molecule has 0 radical (unpaired) electrons. The third-order valence-electron chi connectivity index (χ3n) is 5.77. The molecule has 1 aromatic heterocycles. The molecular weight excluding hydrogens is 422 g/mol. The molecule has 2 aromatic carbocycles. The molecule has 1 amide bonds. The van der Waals surface area contributed by atoms with Crippen LogP contribution in [0.25, 0.3) is 10.8 Å². The van der Waals surface area contributed by atoms with Crippen LogP contribution < -0.4 is 0 Å². The Kier molecular flexibility index (Phi) is 6.81. The number of carboxylic acid groups (broad SMARTS) is 1. The molecule has 0 spiro atoms. The predicted molar refractivity (Wildman–Crippen MR) is 126 cm³/mol. The molecule has 4 rings (SSSR count). The van der Waals surface area contributed by atoms with Crippen molar-refractivity contribution < 1.29 is 19.5 Å². The van der Waals surface area contributed by atoms with Crippen molar-refractivity contribution in [1.82, 2.24) is 4.90 Å². The van der Waals surface area contributed by atoms with Crippen LogP contribution in [-0.4, -0.2) is 40.3 Å². The minimum Gasteiger partial charge on any atom is -0.477 e. The van der Waals surface area contributed by atoms with Crippen LogP contribution in [0.2, 0.25) is 0 Å². The number of fused-ring (bicyclic) bond motifs is 1. The summed E-state index contributed by atoms with van der Waals surface area (Å²) in [6.45, 7) is 0.604. The van der Waals surface area contributed by atoms with E-state index in [0.29, 0.717) is 24.3 Å². The number of nitrogens with zero attached hydrogens (tertiary/aromatic N) is 1. The highest BCUT2D eigenvalue weighted by molar-refractivity contribution is 7.13. The lowest BCUT2D eigenvalue weighted by Gasteiger charge is -2.22. The number of ketones is 1. The number of hydrogen-bond donors (Lipinski definition) is 1. The van der Waals surface area contributed by atoms with Gasteiger partial charge in [0.2, 0.25) is 5.91 Å². The Bertz CT molecular complexity index is 1180. The van der Waals surface area contributed by atoms with Gasteiger partial charge in [-0.3, -0.25) is 9.59 Å². The van der Waals surface area contributed by atoms with Gasteiger partial charge in [-0.15, -0.1) is 11.3 Å². The highest BCUT2D eigenvalue weighted by Gasteiger charge is 2.28. The number of amides is 1. The van der Waals surface area contributed by atoms with Crippen LogP contribution in [0, 0.1) is 0 Å². The van der Waals surface area contributed by atoms with E-state index in [0.717, 1.165) is 40.5 Å². The summed E-state index contributed by atoms with van der Waals surface area (Å²) < 4.78 is 0. The van der Waals surface area contributed by atoms with Crippen LogP contribution in [-0.2, 0) is 22.4 Å². The molecule has 1 saturated heterocycles. The molecule has 0 saturated carbocycles. The van der Waals surface area contributed by atoms with Crippen LogP contribution in [0.15, 0.2) is 66.7 Å². The third kappa shape index (κ3) is 5.32. The molecule has 1 aliphatic rings. The Labute approximate surface area is 191 Å². The van der Waals surface area contributed by atoms with Gasteiger partial charge in [0.1, 0.15) is 4.88 Å². The molecule has 6 heteroatoms. The molecule has 1 aliphatic heterocycles. The monoisotopic (exact) mass is 447 g/mol. The number of aryl methyl sites for hydroxylation is 1. The number of thiophene rings is 1. The standard InChI is InChI=1S/C26H25NO4S/c28-22(17-18-7-8-19-4-1-2-5-20(19)16-18)11-9-21-10-14-25(29)27(21)15-3-6-23-12-13-24(32-23)26(30)31/h1-2,4-5,7-9,11-13,16,21H,3,6,10,14-15,17H2,(H,30,31)/b11-9+. The van der Waals surface area contributed by atoms with Crippen LogP contribution in [0.3, 0.4) is 0 Å². The number of carbonyl (C=O) groups is 3. The summed E-state index contributed by atoms with van der Waals surface area (Å²) in [5.41, 5.74) is 0.981. The van der Waals surface area contributed by atoms with E-state index in [4.69, 9.17) is 5.11 Å². The Morgan fingerprint density at radius 2 is 1.91 bits per heavy atom. The number of benzene rings is 2. The van der Waals surface area contributed by atoms with Gasteiger partial charge >= 0.3 is 5.97 Å². The maximum Gasteiger partial charge on any atom is 0.345 e. The van der Waals surface area contributed by atoms with Crippen LogP contribution in [0.4, 0.5) is 0 Å². The molecule has 32 heavy (non-hydrogen) atoms. The predicted octanol–water partition coefficient (Wildman–Crippen LogP) is 4.89. The molecule has 1 unspecified atom stereocenters. The van der Waals surface area contributed by atoms with E-state index in [1.165, 1.54) is 11.3 Å². The Morgan fingerprint density at radius 3 is 2.69 bits per heavy atom. The van der Waals surface area contributed by atoms with Gasteiger partial charge in [-0.25, -0.2) is 4.79 Å². The highest BCUT2D eigenvalue weighted by atomic mass is 32.1. The summed E-state index contributed by atoms with van der Waals surface area (Å²) >= 11 is 1.28. The van der Waals surface area contributed by atoms with Crippen molar-refractivity contribution in [3.05, 3.63) is 82.1 Å². The van der Waals surface area contributed by atoms with E-state index < -0.39 is 5.97 Å². The van der Waals surface area contributed by atoms with Crippen molar-refractivity contribution in [2.45, 2.75) is 38.1 Å². The van der Waals surface area contributed by atoms with Gasteiger partial charge in [0.15, 0.2) is 5.78 Å². The first-order valence-electron chi connectivity index (χ1n) is 10.8. The maximum absolute atomic E-state index is 12.5. The lowest BCUT2D eigenvalue weighted by molar-refractivity contribution is -0.128. The van der Waals surface area contributed by atoms with E-state index in [9.17, 15) is 14.4 Å². The maximum atomic E-state index is 12.5. The molecule has 164 valence electrons. The van der Waals surface area contributed by atoms with Gasteiger partial charge in [-0.2, -0.15) is 0 Å². The second-order valence-corrected chi connectivity index (χ2v) is 9.22. The molecule has 0 bridgehead atoms. The average Bonchev–Trinajstić information content (AvgIpc) is 3.40. The summed E-state index contributed by atoms with van der Waals surface area (Å²) in [6.07, 6.45) is 6.54. The summed E-state index contributed by atoms with van der Waals surface area (Å²) in [6, 6.07) is 17.6. The zero-order valence-corrected chi connectivity index (χ0v) is 18.5. The number of rotatable bonds is 9. The molecule has 0 aliphatic carbocycles. The fourth-order valence-electron chi connectivity index (χ4n) is 4.12. The fourth-order valence-corrected chi connectivity index (χ4v) is 5.01. The fraction of sp³-hybridized carbons (Fsp3) is 0.269. The average molecular weight is 448 g/mol. The van der Waals surface area contributed by atoms with E-state index in [1.54, 1.807) is 12.1 Å². The Morgan fingerprint density at radius 1 is 1.09 bits per heavy atom. The number of allylic oxidation sites excluding steroid dienone is 1. The van der Waals surface area contributed by atoms with Crippen molar-refractivity contribution in [2.24, 2.45) is 0 Å². The van der Waals surface area contributed by atoms with Gasteiger partial charge in [0, 0.05) is 24.3 Å². The Hall–Kier alpha value is -3.25. The number of likely N-dealkylation sites (tertiary alicyclic amines) is 1. The lowest BCUT2D eigenvalue weighted by Crippen LogP contribution is -2.33. The zero-order chi connectivity index (χ0) is 22.5. The first-order chi connectivity index (χ1) is 15.5. The number of carbonyl (C=O) groups excluding carboxylic acids is 2. The molecule has 1 N–H and O–H groups in total. The van der Waals surface area contributed by atoms with Crippen LogP contribution >= 0.6 is 11.3 Å². The van der Waals surface area contributed by atoms with Crippen LogP contribution in [0.1, 0.15) is 39.4 Å². The normalized spacial score (nSPS) is 16.3. The van der Waals surface area contributed by atoms with Crippen molar-refractivity contribution in [3.8, 4) is 0 Å². The van der Waals surface area contributed by atoms with E-state index in [-0.39, 0.29) is 17.7 Å². The first kappa shape index (κ1) is 22.0. The van der Waals surface area contributed by atoms with Gasteiger partial charge in [0.25, 0.3) is 0 Å². The first-order valence-corrected chi connectivity index (χ1v) is 11.6. The van der Waals surface area contributed by atoms with Gasteiger partial charge in [-0.05, 0) is 53.8 Å². The molecule has 5 nitrogen and oxygen atoms in total. The van der Waals surface area contributed by atoms with Crippen molar-refractivity contribution >= 4 is 39.8 Å². The SMILES string of the molecule is O=C(/C=C/C1CCC(=O)N1CCCc1ccc(C(=O)O)s1)Cc1ccc2ccccc2c1. The molecular formula is C26H25NO4S. The second kappa shape index (κ2) is 9.92. The van der Waals surface area contributed by atoms with Crippen molar-refractivity contribution in [1.29, 1.82) is 0 Å². The molecule has 1 fully saturated rings. The van der Waals surface area contributed by atoms with Crippen molar-refractivity contribution in [2.75, 3.05) is 6.54 Å². The van der Waals surface area contributed by atoms with Crippen molar-refractivity contribution in [3.63, 3.8) is 0 Å². The summed E-state index contributed by atoms with van der Waals surface area (Å²) in [5.74, 6) is -0.770. The second-order valence-electron chi connectivity index (χ2n) is 8.05. The number of carboxylic acids is 1. The quantitative estimate of drug-likeness (QED) is 0.474. The topological polar surface area (TPSA) is 74.7 Å². The Balaban J connectivity index is 1.31. The summed E-state index contributed by atoms with van der Waals surface area (Å²) in [5, 5.41) is 11.3. The van der Waals surface area contributed by atoms with E-state index in [2.05, 4.69) is 6.07 Å². The highest BCUT2D eigenvalue weighted by Crippen LogP contribution is 2.23. The van der Waals surface area contributed by atoms with Gasteiger partial charge < -0.3 is 10.0 Å². The minimum atomic E-state index is -0.908. The largest absolute Gasteiger partial charge is 0.477 e. The van der Waals surface area contributed by atoms with E-state index in [1.807, 2.05) is 53.4 Å². The van der Waals surface area contributed by atoms with Gasteiger partial charge in [0.05, 0.1) is 6.04 Å². The number of aromatic carboxylic acids is 1. The minimum absolute atomic E-state index is 0.0272. The molecule has 1 atom stereocenters. The van der Waals surface area contributed by atoms with Crippen LogP contribution in [0.5, 0.6) is 0 Å². The lowest BCUT2D eigenvalue weighted by atomic mass is 10.0. The summed E-state index contributed by atoms with van der Waals surface area (Å²) in [7, 11) is 0. The van der Waals surface area contributed by atoms with Gasteiger partial charge in [-0.1, -0.05) is 48.5 Å². The summed E-state index contributed by atoms with van der Waals surface area (Å²) in [4.78, 5) is 39.0. The van der Waals surface area contributed by atoms with E-state index >= 15 is 0 Å². The third-order valence-corrected chi connectivity index (χ3v) is 6.90. The molecule has 2 heterocycles. The number of hydrogen-bond acceptors (Lipinski definition) is 4. The smallest absolute Gasteiger partial charge is 0.345 e. The zero-order valence-electron chi connectivity index (χ0n) is 17.7.